The van der Waals surface area contributed by atoms with Gasteiger partial charge in [0.05, 0.1) is 24.9 Å². The van der Waals surface area contributed by atoms with Crippen molar-refractivity contribution in [2.24, 2.45) is 0 Å². The van der Waals surface area contributed by atoms with Gasteiger partial charge in [0, 0.05) is 18.1 Å². The van der Waals surface area contributed by atoms with Gasteiger partial charge in [-0.25, -0.2) is 4.98 Å². The monoisotopic (exact) mass is 363 g/mol. The number of carbonyl (C=O) groups excluding carboxylic acids is 1. The number of methoxy groups -OCH3 is 1. The van der Waals surface area contributed by atoms with Gasteiger partial charge in [-0.05, 0) is 23.8 Å². The average molecular weight is 364 g/mol. The highest BCUT2D eigenvalue weighted by Crippen LogP contribution is 2.17. The lowest BCUT2D eigenvalue weighted by Gasteiger charge is -2.08. The predicted molar refractivity (Wildman–Crippen MR) is 91.1 cm³/mol. The van der Waals surface area contributed by atoms with E-state index < -0.39 is 0 Å². The third kappa shape index (κ3) is 5.13. The molecule has 2 N–H and O–H groups in total. The molecule has 0 fully saturated rings. The molecule has 1 aromatic carbocycles. The van der Waals surface area contributed by atoms with Crippen LogP contribution in [0, 0.1) is 0 Å². The van der Waals surface area contributed by atoms with Crippen molar-refractivity contribution in [3.8, 4) is 0 Å². The Balaban J connectivity index is 1.88. The molecule has 0 bridgehead atoms. The summed E-state index contributed by atoms with van der Waals surface area (Å²) in [6.07, 6.45) is 1.95. The summed E-state index contributed by atoms with van der Waals surface area (Å²) in [4.78, 5) is 16.3. The van der Waals surface area contributed by atoms with Crippen LogP contribution in [0.5, 0.6) is 0 Å². The van der Waals surface area contributed by atoms with Gasteiger partial charge >= 0.3 is 0 Å². The molecule has 22 heavy (non-hydrogen) atoms. The van der Waals surface area contributed by atoms with Gasteiger partial charge in [-0.15, -0.1) is 0 Å². The predicted octanol–water partition coefficient (Wildman–Crippen LogP) is 3.08. The van der Waals surface area contributed by atoms with Crippen LogP contribution >= 0.6 is 15.9 Å². The van der Waals surface area contributed by atoms with E-state index in [-0.39, 0.29) is 5.91 Å². The average Bonchev–Trinajstić information content (AvgIpc) is 2.51. The van der Waals surface area contributed by atoms with Crippen LogP contribution in [-0.2, 0) is 16.0 Å². The van der Waals surface area contributed by atoms with Crippen molar-refractivity contribution in [3.63, 3.8) is 0 Å². The van der Waals surface area contributed by atoms with Crippen molar-refractivity contribution in [1.82, 2.24) is 4.98 Å². The number of ether oxygens (including phenoxy) is 1. The van der Waals surface area contributed by atoms with Gasteiger partial charge in [-0.2, -0.15) is 0 Å². The summed E-state index contributed by atoms with van der Waals surface area (Å²) < 4.78 is 5.89. The number of benzene rings is 1. The Morgan fingerprint density at radius 2 is 2.09 bits per heavy atom. The SMILES string of the molecule is COCCNc1ccc(NC(=O)Cc2ccccc2Br)cn1. The lowest BCUT2D eigenvalue weighted by atomic mass is 10.1. The Hall–Kier alpha value is -1.92. The molecule has 0 atom stereocenters. The third-order valence-electron chi connectivity index (χ3n) is 2.97. The first-order valence-corrected chi connectivity index (χ1v) is 7.70. The Morgan fingerprint density at radius 1 is 1.27 bits per heavy atom. The molecule has 0 spiro atoms. The largest absolute Gasteiger partial charge is 0.383 e. The number of anilines is 2. The summed E-state index contributed by atoms with van der Waals surface area (Å²) in [7, 11) is 1.65. The van der Waals surface area contributed by atoms with E-state index in [4.69, 9.17) is 4.74 Å². The third-order valence-corrected chi connectivity index (χ3v) is 3.74. The second-order valence-electron chi connectivity index (χ2n) is 4.67. The molecule has 2 aromatic rings. The minimum absolute atomic E-state index is 0.0752. The van der Waals surface area contributed by atoms with E-state index in [0.717, 1.165) is 15.9 Å². The highest BCUT2D eigenvalue weighted by molar-refractivity contribution is 9.10. The lowest BCUT2D eigenvalue weighted by molar-refractivity contribution is -0.115. The van der Waals surface area contributed by atoms with Crippen molar-refractivity contribution in [3.05, 3.63) is 52.6 Å². The molecule has 0 aliphatic rings. The smallest absolute Gasteiger partial charge is 0.228 e. The Bertz CT molecular complexity index is 617. The molecule has 6 heteroatoms. The maximum Gasteiger partial charge on any atom is 0.228 e. The molecule has 116 valence electrons. The Labute approximate surface area is 138 Å². The van der Waals surface area contributed by atoms with E-state index in [9.17, 15) is 4.79 Å². The van der Waals surface area contributed by atoms with Gasteiger partial charge in [0.1, 0.15) is 5.82 Å². The van der Waals surface area contributed by atoms with Gasteiger partial charge in [0.15, 0.2) is 0 Å². The minimum atomic E-state index is -0.0752. The van der Waals surface area contributed by atoms with Crippen molar-refractivity contribution < 1.29 is 9.53 Å². The number of carbonyl (C=O) groups is 1. The second kappa shape index (κ2) is 8.51. The van der Waals surface area contributed by atoms with Gasteiger partial charge in [0.2, 0.25) is 5.91 Å². The van der Waals surface area contributed by atoms with Crippen LogP contribution in [0.25, 0.3) is 0 Å². The first-order chi connectivity index (χ1) is 10.7. The molecule has 0 radical (unpaired) electrons. The quantitative estimate of drug-likeness (QED) is 0.742. The Kier molecular flexibility index (Phi) is 6.36. The summed E-state index contributed by atoms with van der Waals surface area (Å²) in [5.41, 5.74) is 1.63. The maximum absolute atomic E-state index is 12.0. The minimum Gasteiger partial charge on any atom is -0.383 e. The molecule has 0 saturated carbocycles. The molecule has 0 saturated heterocycles. The molecular formula is C16H18BrN3O2. The van der Waals surface area contributed by atoms with Crippen LogP contribution in [0.4, 0.5) is 11.5 Å². The molecular weight excluding hydrogens is 346 g/mol. The van der Waals surface area contributed by atoms with Crippen molar-refractivity contribution >= 4 is 33.3 Å². The van der Waals surface area contributed by atoms with Crippen LogP contribution in [0.3, 0.4) is 0 Å². The summed E-state index contributed by atoms with van der Waals surface area (Å²) in [6.45, 7) is 1.31. The van der Waals surface area contributed by atoms with E-state index in [2.05, 4.69) is 31.5 Å². The number of aromatic nitrogens is 1. The Morgan fingerprint density at radius 3 is 2.77 bits per heavy atom. The topological polar surface area (TPSA) is 63.2 Å². The van der Waals surface area contributed by atoms with Crippen LogP contribution in [0.2, 0.25) is 0 Å². The van der Waals surface area contributed by atoms with Crippen LogP contribution < -0.4 is 10.6 Å². The van der Waals surface area contributed by atoms with Gasteiger partial charge in [0.25, 0.3) is 0 Å². The molecule has 2 rings (SSSR count). The number of nitrogens with one attached hydrogen (secondary N) is 2. The van der Waals surface area contributed by atoms with Crippen LogP contribution in [0.1, 0.15) is 5.56 Å². The van der Waals surface area contributed by atoms with Crippen LogP contribution in [0.15, 0.2) is 47.1 Å². The summed E-state index contributed by atoms with van der Waals surface area (Å²) in [5.74, 6) is 0.676. The van der Waals surface area contributed by atoms with E-state index in [1.807, 2.05) is 36.4 Å². The molecule has 1 amide bonds. The van der Waals surface area contributed by atoms with E-state index >= 15 is 0 Å². The summed E-state index contributed by atoms with van der Waals surface area (Å²) >= 11 is 3.44. The van der Waals surface area contributed by atoms with Crippen LogP contribution in [-0.4, -0.2) is 31.2 Å². The number of hydrogen-bond donors (Lipinski definition) is 2. The normalized spacial score (nSPS) is 10.3. The first kappa shape index (κ1) is 16.5. The van der Waals surface area contributed by atoms with E-state index in [1.54, 1.807) is 13.3 Å². The maximum atomic E-state index is 12.0. The van der Waals surface area contributed by atoms with Crippen molar-refractivity contribution in [2.45, 2.75) is 6.42 Å². The fraction of sp³-hybridized carbons (Fsp3) is 0.250. The number of rotatable bonds is 7. The number of nitrogens with zero attached hydrogens (tertiary/aromatic N) is 1. The zero-order chi connectivity index (χ0) is 15.8. The van der Waals surface area contributed by atoms with Crippen molar-refractivity contribution in [2.75, 3.05) is 30.9 Å². The van der Waals surface area contributed by atoms with Crippen molar-refractivity contribution in [1.29, 1.82) is 0 Å². The van der Waals surface area contributed by atoms with E-state index in [0.29, 0.717) is 25.3 Å². The highest BCUT2D eigenvalue weighted by atomic mass is 79.9. The number of halogens is 1. The molecule has 5 nitrogen and oxygen atoms in total. The first-order valence-electron chi connectivity index (χ1n) is 6.91. The lowest BCUT2D eigenvalue weighted by Crippen LogP contribution is -2.15. The summed E-state index contributed by atoms with van der Waals surface area (Å²) in [5, 5.41) is 5.96. The van der Waals surface area contributed by atoms with Gasteiger partial charge in [-0.3, -0.25) is 4.79 Å². The molecule has 0 aliphatic heterocycles. The fourth-order valence-corrected chi connectivity index (χ4v) is 2.30. The zero-order valence-corrected chi connectivity index (χ0v) is 13.9. The fourth-order valence-electron chi connectivity index (χ4n) is 1.87. The standard InChI is InChI=1S/C16H18BrN3O2/c1-22-9-8-18-15-7-6-13(11-19-15)20-16(21)10-12-4-2-3-5-14(12)17/h2-7,11H,8-10H2,1H3,(H,18,19)(H,20,21). The summed E-state index contributed by atoms with van der Waals surface area (Å²) in [6, 6.07) is 11.3. The molecule has 1 heterocycles. The molecule has 0 unspecified atom stereocenters. The van der Waals surface area contributed by atoms with Gasteiger partial charge in [-0.1, -0.05) is 34.1 Å². The van der Waals surface area contributed by atoms with Gasteiger partial charge < -0.3 is 15.4 Å². The molecule has 1 aromatic heterocycles. The number of hydrogen-bond acceptors (Lipinski definition) is 4. The zero-order valence-electron chi connectivity index (χ0n) is 12.3. The number of amides is 1. The molecule has 0 aliphatic carbocycles. The highest BCUT2D eigenvalue weighted by Gasteiger charge is 2.07. The second-order valence-corrected chi connectivity index (χ2v) is 5.52. The number of pyridine rings is 1. The van der Waals surface area contributed by atoms with E-state index in [1.165, 1.54) is 0 Å².